The van der Waals surface area contributed by atoms with Crippen molar-refractivity contribution in [1.29, 1.82) is 0 Å². The lowest BCUT2D eigenvalue weighted by Gasteiger charge is -2.39. The Morgan fingerprint density at radius 2 is 1.85 bits per heavy atom. The normalized spacial score (nSPS) is 34.8. The molecule has 0 radical (unpaired) electrons. The first kappa shape index (κ1) is 18.2. The molecule has 2 aliphatic carbocycles. The molecule has 4 rings (SSSR count). The molecule has 2 bridgehead atoms. The van der Waals surface area contributed by atoms with Gasteiger partial charge in [0, 0.05) is 23.4 Å². The average molecular weight is 375 g/mol. The summed E-state index contributed by atoms with van der Waals surface area (Å²) in [6, 6.07) is 0.669. The molecular weight excluding hydrogens is 344 g/mol. The van der Waals surface area contributed by atoms with Crippen LogP contribution < -0.4 is 0 Å². The highest BCUT2D eigenvalue weighted by Gasteiger charge is 2.61. The molecule has 0 aromatic carbocycles. The Bertz CT molecular complexity index is 727. The molecule has 3 aliphatic rings. The summed E-state index contributed by atoms with van der Waals surface area (Å²) in [7, 11) is 0. The molecule has 1 saturated heterocycles. The van der Waals surface area contributed by atoms with E-state index >= 15 is 0 Å². The zero-order valence-electron chi connectivity index (χ0n) is 16.6. The molecule has 6 heteroatoms. The van der Waals surface area contributed by atoms with Crippen LogP contribution in [-0.2, 0) is 10.2 Å². The summed E-state index contributed by atoms with van der Waals surface area (Å²) in [5.41, 5.74) is 2.49. The van der Waals surface area contributed by atoms with Gasteiger partial charge in [0.2, 0.25) is 11.1 Å². The molecule has 1 aliphatic heterocycles. The van der Waals surface area contributed by atoms with Crippen molar-refractivity contribution in [3.05, 3.63) is 11.4 Å². The van der Waals surface area contributed by atoms with Gasteiger partial charge in [-0.1, -0.05) is 32.5 Å². The molecular formula is C20H30N4OS. The maximum atomic E-state index is 12.7. The lowest BCUT2D eigenvalue weighted by molar-refractivity contribution is -0.134. The lowest BCUT2D eigenvalue weighted by atomic mass is 9.70. The van der Waals surface area contributed by atoms with Gasteiger partial charge in [0.15, 0.2) is 0 Å². The first-order valence-electron chi connectivity index (χ1n) is 9.95. The number of hydrogen-bond donors (Lipinski definition) is 0. The standard InChI is InChI=1S/C20H30N4OS/c1-12-7-6-8-13(2)24(12)15(25)11-26-18-21-17-16(22-23-18)14-9-10-20(17,5)19(14,3)4/h12-14H,6-11H2,1-5H3/t12-,13-,14+,20+/m1/s1. The van der Waals surface area contributed by atoms with Gasteiger partial charge in [0.1, 0.15) is 0 Å². The summed E-state index contributed by atoms with van der Waals surface area (Å²) >= 11 is 1.44. The largest absolute Gasteiger partial charge is 0.337 e. The van der Waals surface area contributed by atoms with Gasteiger partial charge < -0.3 is 4.90 Å². The van der Waals surface area contributed by atoms with Gasteiger partial charge in [0.05, 0.1) is 17.1 Å². The highest BCUT2D eigenvalue weighted by Crippen LogP contribution is 2.66. The van der Waals surface area contributed by atoms with Crippen LogP contribution in [0.4, 0.5) is 0 Å². The van der Waals surface area contributed by atoms with E-state index in [1.54, 1.807) is 0 Å². The van der Waals surface area contributed by atoms with Crippen LogP contribution in [0.5, 0.6) is 0 Å². The van der Waals surface area contributed by atoms with Crippen molar-refractivity contribution in [3.63, 3.8) is 0 Å². The molecule has 4 atom stereocenters. The second kappa shape index (κ2) is 6.18. The van der Waals surface area contributed by atoms with E-state index in [0.717, 1.165) is 24.2 Å². The molecule has 0 spiro atoms. The minimum atomic E-state index is 0.0815. The fourth-order valence-electron chi connectivity index (χ4n) is 5.54. The van der Waals surface area contributed by atoms with Crippen LogP contribution in [0.15, 0.2) is 5.16 Å². The summed E-state index contributed by atoms with van der Waals surface area (Å²) in [5, 5.41) is 9.55. The van der Waals surface area contributed by atoms with Crippen molar-refractivity contribution in [3.8, 4) is 0 Å². The smallest absolute Gasteiger partial charge is 0.233 e. The predicted octanol–water partition coefficient (Wildman–Crippen LogP) is 3.93. The van der Waals surface area contributed by atoms with E-state index < -0.39 is 0 Å². The van der Waals surface area contributed by atoms with Crippen LogP contribution in [0.2, 0.25) is 0 Å². The number of rotatable bonds is 3. The third kappa shape index (κ3) is 2.51. The van der Waals surface area contributed by atoms with Crippen molar-refractivity contribution in [2.75, 3.05) is 5.75 Å². The molecule has 0 N–H and O–H groups in total. The summed E-state index contributed by atoms with van der Waals surface area (Å²) in [4.78, 5) is 19.7. The number of likely N-dealkylation sites (tertiary alicyclic amines) is 1. The third-order valence-corrected chi connectivity index (χ3v) is 8.40. The first-order valence-corrected chi connectivity index (χ1v) is 10.9. The fourth-order valence-corrected chi connectivity index (χ4v) is 6.19. The number of thioether (sulfide) groups is 1. The Morgan fingerprint density at radius 1 is 1.15 bits per heavy atom. The van der Waals surface area contributed by atoms with Gasteiger partial charge in [-0.15, -0.1) is 5.10 Å². The lowest BCUT2D eigenvalue weighted by Crippen LogP contribution is -2.48. The van der Waals surface area contributed by atoms with Crippen LogP contribution in [0, 0.1) is 5.41 Å². The third-order valence-electron chi connectivity index (χ3n) is 7.58. The van der Waals surface area contributed by atoms with Crippen LogP contribution in [0.3, 0.4) is 0 Å². The zero-order valence-corrected chi connectivity index (χ0v) is 17.4. The van der Waals surface area contributed by atoms with Crippen molar-refractivity contribution in [1.82, 2.24) is 20.1 Å². The van der Waals surface area contributed by atoms with Gasteiger partial charge in [-0.05, 0) is 51.4 Å². The molecule has 1 saturated carbocycles. The summed E-state index contributed by atoms with van der Waals surface area (Å²) in [6.45, 7) is 11.3. The van der Waals surface area contributed by atoms with Gasteiger partial charge in [0.25, 0.3) is 0 Å². The Morgan fingerprint density at radius 3 is 2.54 bits per heavy atom. The number of carbonyl (C=O) groups excluding carboxylic acids is 1. The molecule has 5 nitrogen and oxygen atoms in total. The van der Waals surface area contributed by atoms with E-state index in [1.807, 2.05) is 0 Å². The van der Waals surface area contributed by atoms with E-state index in [-0.39, 0.29) is 16.7 Å². The van der Waals surface area contributed by atoms with Gasteiger partial charge in [-0.25, -0.2) is 4.98 Å². The quantitative estimate of drug-likeness (QED) is 0.750. The monoisotopic (exact) mass is 374 g/mol. The van der Waals surface area contributed by atoms with E-state index in [1.165, 1.54) is 31.0 Å². The molecule has 142 valence electrons. The molecule has 2 fully saturated rings. The first-order chi connectivity index (χ1) is 12.3. The maximum Gasteiger partial charge on any atom is 0.233 e. The topological polar surface area (TPSA) is 59.0 Å². The number of amides is 1. The highest BCUT2D eigenvalue weighted by atomic mass is 32.2. The molecule has 1 aromatic rings. The van der Waals surface area contributed by atoms with Crippen molar-refractivity contribution < 1.29 is 4.79 Å². The van der Waals surface area contributed by atoms with E-state index in [9.17, 15) is 4.79 Å². The Labute approximate surface area is 160 Å². The molecule has 1 amide bonds. The van der Waals surface area contributed by atoms with E-state index in [2.05, 4.69) is 49.7 Å². The van der Waals surface area contributed by atoms with Gasteiger partial charge >= 0.3 is 0 Å². The number of aromatic nitrogens is 3. The SMILES string of the molecule is C[C@@H]1CCC[C@@H](C)N1C(=O)CSc1nnc2c(n1)[C@]1(C)CC[C@@H]2C1(C)C. The molecule has 26 heavy (non-hydrogen) atoms. The van der Waals surface area contributed by atoms with E-state index in [4.69, 9.17) is 4.98 Å². The molecule has 1 aromatic heterocycles. The Kier molecular flexibility index (Phi) is 4.33. The number of fused-ring (bicyclic) bond motifs is 5. The van der Waals surface area contributed by atoms with E-state index in [0.29, 0.717) is 28.9 Å². The highest BCUT2D eigenvalue weighted by molar-refractivity contribution is 7.99. The summed E-state index contributed by atoms with van der Waals surface area (Å²) in [5.74, 6) is 1.07. The number of carbonyl (C=O) groups is 1. The summed E-state index contributed by atoms with van der Waals surface area (Å²) in [6.07, 6.45) is 5.77. The van der Waals surface area contributed by atoms with Crippen molar-refractivity contribution >= 4 is 17.7 Å². The minimum Gasteiger partial charge on any atom is -0.337 e. The maximum absolute atomic E-state index is 12.7. The van der Waals surface area contributed by atoms with Crippen LogP contribution in [0.25, 0.3) is 0 Å². The zero-order chi connectivity index (χ0) is 18.7. The predicted molar refractivity (Wildman–Crippen MR) is 103 cm³/mol. The second-order valence-electron chi connectivity index (χ2n) is 9.19. The minimum absolute atomic E-state index is 0.0815. The summed E-state index contributed by atoms with van der Waals surface area (Å²) < 4.78 is 0. The Balaban J connectivity index is 1.49. The molecule has 2 heterocycles. The van der Waals surface area contributed by atoms with Gasteiger partial charge in [-0.2, -0.15) is 5.10 Å². The fraction of sp³-hybridized carbons (Fsp3) is 0.800. The van der Waals surface area contributed by atoms with Crippen LogP contribution in [0.1, 0.15) is 84.0 Å². The van der Waals surface area contributed by atoms with Crippen molar-refractivity contribution in [2.45, 2.75) is 95.3 Å². The van der Waals surface area contributed by atoms with Crippen LogP contribution >= 0.6 is 11.8 Å². The number of nitrogens with zero attached hydrogens (tertiary/aromatic N) is 4. The van der Waals surface area contributed by atoms with Crippen molar-refractivity contribution in [2.24, 2.45) is 5.41 Å². The second-order valence-corrected chi connectivity index (χ2v) is 10.1. The number of piperidine rings is 1. The number of hydrogen-bond acceptors (Lipinski definition) is 5. The average Bonchev–Trinajstić information content (AvgIpc) is 2.92. The van der Waals surface area contributed by atoms with Crippen LogP contribution in [-0.4, -0.2) is 43.8 Å². The molecule has 0 unspecified atom stereocenters. The Hall–Kier alpha value is -1.17. The van der Waals surface area contributed by atoms with Gasteiger partial charge in [-0.3, -0.25) is 4.79 Å².